The Bertz CT molecular complexity index is 907. The molecule has 0 N–H and O–H groups in total. The van der Waals surface area contributed by atoms with Gasteiger partial charge in [-0.05, 0) is 49.9 Å². The molecule has 2 aromatic carbocycles. The smallest absolute Gasteiger partial charge is 0.142 e. The van der Waals surface area contributed by atoms with Gasteiger partial charge in [0, 0.05) is 17.0 Å². The summed E-state index contributed by atoms with van der Waals surface area (Å²) >= 11 is 0. The molecule has 3 rings (SSSR count). The Morgan fingerprint density at radius 2 is 1.77 bits per heavy atom. The first kappa shape index (κ1) is 18.0. The summed E-state index contributed by atoms with van der Waals surface area (Å²) in [4.78, 5) is 5.46. The van der Waals surface area contributed by atoms with E-state index in [1.165, 1.54) is 28.2 Å². The second-order valence-electron chi connectivity index (χ2n) is 6.59. The van der Waals surface area contributed by atoms with Gasteiger partial charge in [-0.1, -0.05) is 60.6 Å². The van der Waals surface area contributed by atoms with Crippen molar-refractivity contribution in [1.29, 1.82) is 0 Å². The Kier molecular flexibility index (Phi) is 5.57. The summed E-state index contributed by atoms with van der Waals surface area (Å²) < 4.78 is 2.33. The lowest BCUT2D eigenvalue weighted by molar-refractivity contribution is 0.132. The molecule has 0 radical (unpaired) electrons. The van der Waals surface area contributed by atoms with Crippen LogP contribution in [0.15, 0.2) is 59.8 Å². The highest BCUT2D eigenvalue weighted by atomic mass is 16.6. The average molecular weight is 346 g/mol. The van der Waals surface area contributed by atoms with Crippen molar-refractivity contribution in [2.45, 2.75) is 40.7 Å². The van der Waals surface area contributed by atoms with E-state index in [9.17, 15) is 0 Å². The first-order valence-electron chi connectivity index (χ1n) is 9.09. The minimum Gasteiger partial charge on any atom is -0.391 e. The molecule has 3 aromatic rings. The molecule has 0 aliphatic heterocycles. The molecule has 0 saturated heterocycles. The molecule has 134 valence electrons. The van der Waals surface area contributed by atoms with Crippen LogP contribution >= 0.6 is 0 Å². The van der Waals surface area contributed by atoms with Crippen molar-refractivity contribution in [3.05, 3.63) is 88.2 Å². The van der Waals surface area contributed by atoms with Crippen LogP contribution < -0.4 is 0 Å². The SMILES string of the molecule is CCc1cccc(C)c1-n1c(C)cc(/C=N/OCc2ccccc2)c1C. The zero-order valence-electron chi connectivity index (χ0n) is 16.0. The highest BCUT2D eigenvalue weighted by Gasteiger charge is 2.14. The maximum absolute atomic E-state index is 5.46. The molecule has 0 fully saturated rings. The van der Waals surface area contributed by atoms with Crippen LogP contribution in [0.5, 0.6) is 0 Å². The highest BCUT2D eigenvalue weighted by molar-refractivity contribution is 5.82. The number of aromatic nitrogens is 1. The van der Waals surface area contributed by atoms with Crippen LogP contribution in [0.3, 0.4) is 0 Å². The Labute approximate surface area is 155 Å². The minimum atomic E-state index is 0.480. The van der Waals surface area contributed by atoms with Crippen LogP contribution in [0.1, 0.15) is 40.6 Å². The van der Waals surface area contributed by atoms with E-state index in [1.54, 1.807) is 0 Å². The van der Waals surface area contributed by atoms with E-state index in [0.717, 1.165) is 17.5 Å². The lowest BCUT2D eigenvalue weighted by Crippen LogP contribution is -2.05. The first-order chi connectivity index (χ1) is 12.6. The number of rotatable bonds is 6. The predicted molar refractivity (Wildman–Crippen MR) is 108 cm³/mol. The molecule has 0 spiro atoms. The number of oxime groups is 1. The topological polar surface area (TPSA) is 26.5 Å². The quantitative estimate of drug-likeness (QED) is 0.426. The summed E-state index contributed by atoms with van der Waals surface area (Å²) in [6, 6.07) is 18.7. The number of para-hydroxylation sites is 1. The molecule has 3 nitrogen and oxygen atoms in total. The van der Waals surface area contributed by atoms with E-state index in [2.05, 4.69) is 61.7 Å². The van der Waals surface area contributed by atoms with Crippen molar-refractivity contribution in [2.24, 2.45) is 5.16 Å². The molecule has 1 heterocycles. The second kappa shape index (κ2) is 8.05. The van der Waals surface area contributed by atoms with Crippen LogP contribution in [0.2, 0.25) is 0 Å². The van der Waals surface area contributed by atoms with Crippen molar-refractivity contribution >= 4 is 6.21 Å². The monoisotopic (exact) mass is 346 g/mol. The van der Waals surface area contributed by atoms with Crippen molar-refractivity contribution in [3.63, 3.8) is 0 Å². The van der Waals surface area contributed by atoms with Gasteiger partial charge in [0.1, 0.15) is 6.61 Å². The Morgan fingerprint density at radius 1 is 1.00 bits per heavy atom. The average Bonchev–Trinajstić information content (AvgIpc) is 2.93. The summed E-state index contributed by atoms with van der Waals surface area (Å²) in [6.07, 6.45) is 2.82. The summed E-state index contributed by atoms with van der Waals surface area (Å²) in [6.45, 7) is 9.13. The number of hydrogen-bond acceptors (Lipinski definition) is 2. The van der Waals surface area contributed by atoms with Crippen molar-refractivity contribution in [2.75, 3.05) is 0 Å². The summed E-state index contributed by atoms with van der Waals surface area (Å²) in [7, 11) is 0. The van der Waals surface area contributed by atoms with Gasteiger partial charge >= 0.3 is 0 Å². The van der Waals surface area contributed by atoms with E-state index in [0.29, 0.717) is 6.61 Å². The number of aryl methyl sites for hydroxylation is 3. The van der Waals surface area contributed by atoms with Crippen LogP contribution in [-0.4, -0.2) is 10.8 Å². The van der Waals surface area contributed by atoms with E-state index < -0.39 is 0 Å². The standard InChI is InChI=1S/C23H26N2O/c1-5-21-13-9-10-17(2)23(21)25-18(3)14-22(19(25)4)15-24-26-16-20-11-7-6-8-12-20/h6-15H,5,16H2,1-4H3/b24-15+. The van der Waals surface area contributed by atoms with Crippen molar-refractivity contribution < 1.29 is 4.84 Å². The molecule has 26 heavy (non-hydrogen) atoms. The first-order valence-corrected chi connectivity index (χ1v) is 9.09. The lowest BCUT2D eigenvalue weighted by atomic mass is 10.1. The van der Waals surface area contributed by atoms with Gasteiger partial charge in [0.15, 0.2) is 0 Å². The molecule has 0 saturated carbocycles. The third kappa shape index (κ3) is 3.72. The fraction of sp³-hybridized carbons (Fsp3) is 0.261. The number of benzene rings is 2. The van der Waals surface area contributed by atoms with Gasteiger partial charge in [-0.2, -0.15) is 0 Å². The largest absolute Gasteiger partial charge is 0.391 e. The second-order valence-corrected chi connectivity index (χ2v) is 6.59. The van der Waals surface area contributed by atoms with Crippen LogP contribution in [0.25, 0.3) is 5.69 Å². The van der Waals surface area contributed by atoms with Crippen molar-refractivity contribution in [1.82, 2.24) is 4.57 Å². The van der Waals surface area contributed by atoms with Gasteiger partial charge in [0.05, 0.1) is 11.9 Å². The molecule has 0 aliphatic rings. The summed E-state index contributed by atoms with van der Waals surface area (Å²) in [5.41, 5.74) is 8.51. The van der Waals surface area contributed by atoms with Crippen LogP contribution in [0.4, 0.5) is 0 Å². The molecule has 0 unspecified atom stereocenters. The fourth-order valence-corrected chi connectivity index (χ4v) is 3.37. The van der Waals surface area contributed by atoms with Crippen LogP contribution in [-0.2, 0) is 17.9 Å². The van der Waals surface area contributed by atoms with E-state index in [1.807, 2.05) is 36.5 Å². The highest BCUT2D eigenvalue weighted by Crippen LogP contribution is 2.26. The van der Waals surface area contributed by atoms with Gasteiger partial charge in [-0.3, -0.25) is 0 Å². The zero-order valence-corrected chi connectivity index (χ0v) is 16.0. The lowest BCUT2D eigenvalue weighted by Gasteiger charge is -2.17. The third-order valence-corrected chi connectivity index (χ3v) is 4.74. The molecule has 1 aromatic heterocycles. The normalized spacial score (nSPS) is 11.2. The van der Waals surface area contributed by atoms with Gasteiger partial charge < -0.3 is 9.40 Å². The molecule has 0 aliphatic carbocycles. The Hall–Kier alpha value is -2.81. The summed E-state index contributed by atoms with van der Waals surface area (Å²) in [5, 5.41) is 4.17. The van der Waals surface area contributed by atoms with E-state index in [4.69, 9.17) is 4.84 Å². The number of hydrogen-bond donors (Lipinski definition) is 0. The summed E-state index contributed by atoms with van der Waals surface area (Å²) in [5.74, 6) is 0. The molecule has 3 heteroatoms. The van der Waals surface area contributed by atoms with Gasteiger partial charge in [-0.15, -0.1) is 0 Å². The molecular formula is C23H26N2O. The Morgan fingerprint density at radius 3 is 2.50 bits per heavy atom. The minimum absolute atomic E-state index is 0.480. The molecule has 0 atom stereocenters. The van der Waals surface area contributed by atoms with Gasteiger partial charge in [0.2, 0.25) is 0 Å². The molecule has 0 amide bonds. The Balaban J connectivity index is 1.84. The van der Waals surface area contributed by atoms with Crippen molar-refractivity contribution in [3.8, 4) is 5.69 Å². The van der Waals surface area contributed by atoms with Gasteiger partial charge in [-0.25, -0.2) is 0 Å². The third-order valence-electron chi connectivity index (χ3n) is 4.74. The maximum Gasteiger partial charge on any atom is 0.142 e. The van der Waals surface area contributed by atoms with Crippen LogP contribution in [0, 0.1) is 20.8 Å². The molecule has 0 bridgehead atoms. The van der Waals surface area contributed by atoms with E-state index in [-0.39, 0.29) is 0 Å². The zero-order chi connectivity index (χ0) is 18.5. The van der Waals surface area contributed by atoms with Gasteiger partial charge in [0.25, 0.3) is 0 Å². The number of nitrogens with zero attached hydrogens (tertiary/aromatic N) is 2. The fourth-order valence-electron chi connectivity index (χ4n) is 3.37. The maximum atomic E-state index is 5.46. The van der Waals surface area contributed by atoms with E-state index >= 15 is 0 Å². The molecular weight excluding hydrogens is 320 g/mol. The predicted octanol–water partition coefficient (Wildman–Crippen LogP) is 5.52.